The third-order valence-corrected chi connectivity index (χ3v) is 4.96. The minimum Gasteiger partial charge on any atom is -1.00 e. The molecule has 0 saturated heterocycles. The van der Waals surface area contributed by atoms with Crippen LogP contribution in [0.2, 0.25) is 0 Å². The summed E-state index contributed by atoms with van der Waals surface area (Å²) in [7, 11) is 6.12. The Balaban J connectivity index is 0.00000196. The van der Waals surface area contributed by atoms with Crippen molar-refractivity contribution in [1.82, 2.24) is 4.57 Å². The fraction of sp³-hybridized carbons (Fsp3) is 0.238. The van der Waals surface area contributed by atoms with E-state index in [1.165, 1.54) is 11.3 Å². The molecule has 134 valence electrons. The predicted octanol–water partition coefficient (Wildman–Crippen LogP) is -0.160. The number of hydrogen-bond donors (Lipinski definition) is 0. The van der Waals surface area contributed by atoms with Crippen LogP contribution in [-0.4, -0.2) is 18.7 Å². The lowest BCUT2D eigenvalue weighted by molar-refractivity contribution is -0.651. The molecule has 1 aliphatic heterocycles. The Morgan fingerprint density at radius 1 is 1.08 bits per heavy atom. The molecule has 26 heavy (non-hydrogen) atoms. The average molecular weight is 459 g/mol. The number of anilines is 1. The topological polar surface area (TPSA) is 29.1 Å². The van der Waals surface area contributed by atoms with Crippen molar-refractivity contribution >= 4 is 28.2 Å². The summed E-state index contributed by atoms with van der Waals surface area (Å²) in [6.45, 7) is 0.744. The van der Waals surface area contributed by atoms with Gasteiger partial charge in [0, 0.05) is 31.8 Å². The van der Waals surface area contributed by atoms with Gasteiger partial charge < -0.3 is 28.9 Å². The molecule has 0 unspecified atom stereocenters. The average Bonchev–Trinajstić information content (AvgIpc) is 3.04. The Hall–Kier alpha value is -2.15. The van der Waals surface area contributed by atoms with Crippen molar-refractivity contribution in [1.29, 1.82) is 0 Å². The van der Waals surface area contributed by atoms with E-state index >= 15 is 0 Å². The van der Waals surface area contributed by atoms with Crippen molar-refractivity contribution in [3.05, 3.63) is 70.3 Å². The number of fused-ring (bicyclic) bond motifs is 2. The van der Waals surface area contributed by atoms with E-state index in [9.17, 15) is 4.79 Å². The van der Waals surface area contributed by atoms with Gasteiger partial charge in [-0.3, -0.25) is 0 Å². The van der Waals surface area contributed by atoms with Gasteiger partial charge in [0.2, 0.25) is 0 Å². The van der Waals surface area contributed by atoms with Crippen LogP contribution >= 0.6 is 0 Å². The van der Waals surface area contributed by atoms with Gasteiger partial charge in [0.25, 0.3) is 5.82 Å². The first-order valence-corrected chi connectivity index (χ1v) is 8.56. The van der Waals surface area contributed by atoms with E-state index in [0.717, 1.165) is 35.3 Å². The second-order valence-corrected chi connectivity index (χ2v) is 6.76. The first-order chi connectivity index (χ1) is 12.1. The van der Waals surface area contributed by atoms with Crippen LogP contribution in [0.25, 0.3) is 22.6 Å². The van der Waals surface area contributed by atoms with Gasteiger partial charge in [-0.15, -0.1) is 0 Å². The maximum atomic E-state index is 12.8. The zero-order chi connectivity index (χ0) is 17.6. The highest BCUT2D eigenvalue weighted by Crippen LogP contribution is 2.26. The van der Waals surface area contributed by atoms with Crippen LogP contribution in [0.3, 0.4) is 0 Å². The Morgan fingerprint density at radius 2 is 1.77 bits per heavy atom. The molecule has 0 amide bonds. The second-order valence-electron chi connectivity index (χ2n) is 6.76. The first kappa shape index (κ1) is 18.6. The molecule has 0 spiro atoms. The highest BCUT2D eigenvalue weighted by Gasteiger charge is 2.30. The van der Waals surface area contributed by atoms with Crippen LogP contribution in [-0.2, 0) is 13.6 Å². The minimum absolute atomic E-state index is 0. The van der Waals surface area contributed by atoms with Crippen LogP contribution < -0.4 is 39.0 Å². The molecule has 0 N–H and O–H groups in total. The summed E-state index contributed by atoms with van der Waals surface area (Å²) in [4.78, 5) is 14.9. The Labute approximate surface area is 170 Å². The molecule has 4 rings (SSSR count). The standard InChI is InChI=1S/C21H22N3O.HI/c1-22(2)17-10-8-15(9-11-17)14-16-12-13-24-20(16)23(3)19-7-5-4-6-18(19)21(24)25;/h4-11,14H,12-13H2,1-3H3;1H/q+1;/p-1. The summed E-state index contributed by atoms with van der Waals surface area (Å²) in [5, 5.41) is 0.783. The van der Waals surface area contributed by atoms with Gasteiger partial charge in [0.1, 0.15) is 10.9 Å². The summed E-state index contributed by atoms with van der Waals surface area (Å²) in [6.07, 6.45) is 3.08. The highest BCUT2D eigenvalue weighted by molar-refractivity contribution is 5.82. The van der Waals surface area contributed by atoms with E-state index in [1.54, 1.807) is 0 Å². The summed E-state index contributed by atoms with van der Waals surface area (Å²) in [5.74, 6) is 1.01. The Bertz CT molecular complexity index is 1050. The summed E-state index contributed by atoms with van der Waals surface area (Å²) >= 11 is 0. The molecule has 0 radical (unpaired) electrons. The number of hydrogen-bond acceptors (Lipinski definition) is 2. The Morgan fingerprint density at radius 3 is 2.46 bits per heavy atom. The molecule has 3 aromatic rings. The lowest BCUT2D eigenvalue weighted by atomic mass is 10.1. The zero-order valence-electron chi connectivity index (χ0n) is 15.2. The third kappa shape index (κ3) is 3.05. The van der Waals surface area contributed by atoms with Crippen LogP contribution in [0, 0.1) is 0 Å². The van der Waals surface area contributed by atoms with Crippen LogP contribution in [0.1, 0.15) is 17.8 Å². The number of benzene rings is 2. The smallest absolute Gasteiger partial charge is 0.345 e. The predicted molar refractivity (Wildman–Crippen MR) is 103 cm³/mol. The molecule has 0 saturated carbocycles. The summed E-state index contributed by atoms with van der Waals surface area (Å²) in [6, 6.07) is 16.3. The van der Waals surface area contributed by atoms with E-state index in [4.69, 9.17) is 0 Å². The SMILES string of the molecule is CN(C)c1ccc(/C=C2\CCn3c2[n+](C)c2ccccc2c3=O)cc1.[I-]. The van der Waals surface area contributed by atoms with Crippen molar-refractivity contribution in [2.45, 2.75) is 13.0 Å². The number of nitrogens with zero attached hydrogens (tertiary/aromatic N) is 3. The van der Waals surface area contributed by atoms with Gasteiger partial charge >= 0.3 is 5.56 Å². The maximum absolute atomic E-state index is 12.8. The number of aryl methyl sites for hydroxylation is 1. The van der Waals surface area contributed by atoms with Crippen molar-refractivity contribution < 1.29 is 28.5 Å². The van der Waals surface area contributed by atoms with E-state index in [0.29, 0.717) is 0 Å². The van der Waals surface area contributed by atoms with E-state index in [-0.39, 0.29) is 29.5 Å². The highest BCUT2D eigenvalue weighted by atomic mass is 127. The molecule has 4 nitrogen and oxygen atoms in total. The maximum Gasteiger partial charge on any atom is 0.345 e. The molecule has 0 fully saturated rings. The molecule has 0 bridgehead atoms. The largest absolute Gasteiger partial charge is 1.00 e. The summed E-state index contributed by atoms with van der Waals surface area (Å²) < 4.78 is 4.05. The second kappa shape index (κ2) is 7.23. The van der Waals surface area contributed by atoms with Crippen molar-refractivity contribution in [3.63, 3.8) is 0 Å². The molecule has 0 aliphatic carbocycles. The zero-order valence-corrected chi connectivity index (χ0v) is 17.4. The molecule has 0 atom stereocenters. The third-order valence-electron chi connectivity index (χ3n) is 4.96. The fourth-order valence-corrected chi connectivity index (χ4v) is 3.63. The van der Waals surface area contributed by atoms with Gasteiger partial charge in [0.05, 0.1) is 13.6 Å². The van der Waals surface area contributed by atoms with Gasteiger partial charge in [-0.05, 0) is 35.9 Å². The number of para-hydroxylation sites is 1. The molecule has 1 aliphatic rings. The fourth-order valence-electron chi connectivity index (χ4n) is 3.63. The quantitative estimate of drug-likeness (QED) is 0.394. The number of aromatic nitrogens is 2. The van der Waals surface area contributed by atoms with Gasteiger partial charge in [-0.25, -0.2) is 9.36 Å². The van der Waals surface area contributed by atoms with Crippen molar-refractivity contribution in [2.24, 2.45) is 7.05 Å². The molecule has 5 heteroatoms. The normalized spacial score (nSPS) is 14.3. The number of rotatable bonds is 2. The van der Waals surface area contributed by atoms with Crippen molar-refractivity contribution in [2.75, 3.05) is 19.0 Å². The van der Waals surface area contributed by atoms with Crippen LogP contribution in [0.5, 0.6) is 0 Å². The van der Waals surface area contributed by atoms with Gasteiger partial charge in [-0.1, -0.05) is 24.3 Å². The molecule has 1 aromatic heterocycles. The van der Waals surface area contributed by atoms with Gasteiger partial charge in [0.15, 0.2) is 0 Å². The van der Waals surface area contributed by atoms with Crippen LogP contribution in [0.15, 0.2) is 53.3 Å². The number of halogens is 1. The van der Waals surface area contributed by atoms with Crippen molar-refractivity contribution in [3.8, 4) is 0 Å². The first-order valence-electron chi connectivity index (χ1n) is 8.56. The van der Waals surface area contributed by atoms with E-state index < -0.39 is 0 Å². The van der Waals surface area contributed by atoms with Crippen LogP contribution in [0.4, 0.5) is 5.69 Å². The van der Waals surface area contributed by atoms with Gasteiger partial charge in [-0.2, -0.15) is 4.57 Å². The van der Waals surface area contributed by atoms with E-state index in [1.807, 2.05) is 50.0 Å². The van der Waals surface area contributed by atoms with E-state index in [2.05, 4.69) is 39.8 Å². The minimum atomic E-state index is 0. The summed E-state index contributed by atoms with van der Waals surface area (Å²) in [5.41, 5.74) is 4.64. The monoisotopic (exact) mass is 459 g/mol. The lowest BCUT2D eigenvalue weighted by Gasteiger charge is -2.12. The lowest BCUT2D eigenvalue weighted by Crippen LogP contribution is -3.00. The molecular formula is C21H22IN3O. The molecule has 2 aromatic carbocycles. The number of allylic oxidation sites excluding steroid dienone is 1. The molecular weight excluding hydrogens is 437 g/mol. The molecule has 2 heterocycles. The Kier molecular flexibility index (Phi) is 5.18.